The Labute approximate surface area is 118 Å². The van der Waals surface area contributed by atoms with E-state index >= 15 is 0 Å². The standard InChI is InChI=1S/C14H18ClN3O/c1-4-19-14-5-9(2)11(7-12(14)15)13-6-10(8-16)17-18(13)3/h5-7H,4,8,16H2,1-3H3. The Morgan fingerprint density at radius 1 is 1.37 bits per heavy atom. The highest BCUT2D eigenvalue weighted by molar-refractivity contribution is 6.32. The van der Waals surface area contributed by atoms with E-state index in [1.165, 1.54) is 0 Å². The molecule has 102 valence electrons. The second kappa shape index (κ2) is 5.63. The van der Waals surface area contributed by atoms with Crippen LogP contribution in [0, 0.1) is 6.92 Å². The third-order valence-electron chi connectivity index (χ3n) is 2.99. The van der Waals surface area contributed by atoms with Crippen LogP contribution in [0.1, 0.15) is 18.2 Å². The molecular weight excluding hydrogens is 262 g/mol. The Kier molecular flexibility index (Phi) is 4.12. The first kappa shape index (κ1) is 13.9. The van der Waals surface area contributed by atoms with Crippen molar-refractivity contribution in [2.45, 2.75) is 20.4 Å². The smallest absolute Gasteiger partial charge is 0.138 e. The average Bonchev–Trinajstić information content (AvgIpc) is 2.75. The van der Waals surface area contributed by atoms with Crippen LogP contribution in [0.15, 0.2) is 18.2 Å². The number of aromatic nitrogens is 2. The molecule has 0 saturated carbocycles. The number of hydrogen-bond donors (Lipinski definition) is 1. The molecule has 19 heavy (non-hydrogen) atoms. The summed E-state index contributed by atoms with van der Waals surface area (Å²) < 4.78 is 7.31. The van der Waals surface area contributed by atoms with Gasteiger partial charge in [0.25, 0.3) is 0 Å². The van der Waals surface area contributed by atoms with Gasteiger partial charge in [-0.3, -0.25) is 4.68 Å². The maximum absolute atomic E-state index is 6.24. The molecule has 0 aliphatic heterocycles. The van der Waals surface area contributed by atoms with Crippen molar-refractivity contribution in [2.75, 3.05) is 6.61 Å². The SMILES string of the molecule is CCOc1cc(C)c(-c2cc(CN)nn2C)cc1Cl. The Morgan fingerprint density at radius 2 is 2.11 bits per heavy atom. The zero-order valence-corrected chi connectivity index (χ0v) is 12.2. The fraction of sp³-hybridized carbons (Fsp3) is 0.357. The molecule has 5 heteroatoms. The van der Waals surface area contributed by atoms with E-state index in [9.17, 15) is 0 Å². The summed E-state index contributed by atoms with van der Waals surface area (Å²) in [4.78, 5) is 0. The lowest BCUT2D eigenvalue weighted by Gasteiger charge is -2.11. The number of aryl methyl sites for hydroxylation is 2. The fourth-order valence-corrected chi connectivity index (χ4v) is 2.29. The molecule has 2 N–H and O–H groups in total. The van der Waals surface area contributed by atoms with E-state index in [2.05, 4.69) is 5.10 Å². The second-order valence-corrected chi connectivity index (χ2v) is 4.79. The summed E-state index contributed by atoms with van der Waals surface area (Å²) >= 11 is 6.24. The molecule has 0 aliphatic carbocycles. The second-order valence-electron chi connectivity index (χ2n) is 4.38. The quantitative estimate of drug-likeness (QED) is 0.936. The van der Waals surface area contributed by atoms with Gasteiger partial charge in [0, 0.05) is 19.2 Å². The Bertz CT molecular complexity index is 593. The number of ether oxygens (including phenoxy) is 1. The Hall–Kier alpha value is -1.52. The maximum Gasteiger partial charge on any atom is 0.138 e. The van der Waals surface area contributed by atoms with Crippen molar-refractivity contribution in [1.29, 1.82) is 0 Å². The zero-order valence-electron chi connectivity index (χ0n) is 11.4. The van der Waals surface area contributed by atoms with Crippen LogP contribution in [0.25, 0.3) is 11.3 Å². The highest BCUT2D eigenvalue weighted by atomic mass is 35.5. The largest absolute Gasteiger partial charge is 0.492 e. The molecule has 0 fully saturated rings. The first-order valence-corrected chi connectivity index (χ1v) is 6.61. The van der Waals surface area contributed by atoms with Gasteiger partial charge in [-0.15, -0.1) is 0 Å². The summed E-state index contributed by atoms with van der Waals surface area (Å²) in [5, 5.41) is 4.96. The summed E-state index contributed by atoms with van der Waals surface area (Å²) in [6.07, 6.45) is 0. The Morgan fingerprint density at radius 3 is 2.68 bits per heavy atom. The van der Waals surface area contributed by atoms with Crippen LogP contribution in [0.3, 0.4) is 0 Å². The molecule has 0 spiro atoms. The minimum atomic E-state index is 0.428. The number of nitrogens with zero attached hydrogens (tertiary/aromatic N) is 2. The molecule has 0 saturated heterocycles. The number of hydrogen-bond acceptors (Lipinski definition) is 3. The molecule has 1 aromatic carbocycles. The van der Waals surface area contributed by atoms with E-state index in [-0.39, 0.29) is 0 Å². The topological polar surface area (TPSA) is 53.1 Å². The van der Waals surface area contributed by atoms with Crippen LogP contribution in [0.4, 0.5) is 0 Å². The molecule has 2 aromatic rings. The molecule has 2 rings (SSSR count). The molecule has 4 nitrogen and oxygen atoms in total. The highest BCUT2D eigenvalue weighted by Crippen LogP contribution is 2.33. The monoisotopic (exact) mass is 279 g/mol. The van der Waals surface area contributed by atoms with Gasteiger partial charge < -0.3 is 10.5 Å². The third-order valence-corrected chi connectivity index (χ3v) is 3.29. The summed E-state index contributed by atoms with van der Waals surface area (Å²) in [5.74, 6) is 0.714. The summed E-state index contributed by atoms with van der Waals surface area (Å²) in [6.45, 7) is 5.00. The minimum absolute atomic E-state index is 0.428. The third kappa shape index (κ3) is 2.74. The van der Waals surface area contributed by atoms with Gasteiger partial charge in [-0.2, -0.15) is 5.10 Å². The summed E-state index contributed by atoms with van der Waals surface area (Å²) in [7, 11) is 1.90. The Balaban J connectivity index is 2.50. The highest BCUT2D eigenvalue weighted by Gasteiger charge is 2.12. The lowest BCUT2D eigenvalue weighted by Crippen LogP contribution is -1.99. The predicted octanol–water partition coefficient (Wildman–Crippen LogP) is 2.91. The van der Waals surface area contributed by atoms with E-state index in [4.69, 9.17) is 22.1 Å². The molecule has 0 bridgehead atoms. The van der Waals surface area contributed by atoms with Gasteiger partial charge in [-0.05, 0) is 37.6 Å². The van der Waals surface area contributed by atoms with Gasteiger partial charge >= 0.3 is 0 Å². The minimum Gasteiger partial charge on any atom is -0.492 e. The van der Waals surface area contributed by atoms with E-state index in [1.807, 2.05) is 43.8 Å². The molecule has 0 atom stereocenters. The van der Waals surface area contributed by atoms with Crippen LogP contribution in [0.5, 0.6) is 5.75 Å². The van der Waals surface area contributed by atoms with Crippen molar-refractivity contribution in [2.24, 2.45) is 12.8 Å². The molecule has 1 heterocycles. The van der Waals surface area contributed by atoms with Crippen LogP contribution < -0.4 is 10.5 Å². The van der Waals surface area contributed by atoms with Gasteiger partial charge in [-0.25, -0.2) is 0 Å². The van der Waals surface area contributed by atoms with E-state index in [0.717, 1.165) is 22.5 Å². The van der Waals surface area contributed by atoms with Crippen LogP contribution >= 0.6 is 11.6 Å². The van der Waals surface area contributed by atoms with Crippen molar-refractivity contribution in [3.05, 3.63) is 34.5 Å². The first-order chi connectivity index (χ1) is 9.06. The molecule has 0 aliphatic rings. The first-order valence-electron chi connectivity index (χ1n) is 6.23. The van der Waals surface area contributed by atoms with E-state index < -0.39 is 0 Å². The van der Waals surface area contributed by atoms with Gasteiger partial charge in [0.15, 0.2) is 0 Å². The van der Waals surface area contributed by atoms with Crippen molar-refractivity contribution in [3.63, 3.8) is 0 Å². The van der Waals surface area contributed by atoms with Crippen LogP contribution in [0.2, 0.25) is 5.02 Å². The van der Waals surface area contributed by atoms with Gasteiger partial charge in [-0.1, -0.05) is 11.6 Å². The summed E-state index contributed by atoms with van der Waals surface area (Å²) in [5.41, 5.74) is 9.63. The number of halogens is 1. The summed E-state index contributed by atoms with van der Waals surface area (Å²) in [6, 6.07) is 5.86. The molecule has 0 amide bonds. The zero-order chi connectivity index (χ0) is 14.0. The predicted molar refractivity (Wildman–Crippen MR) is 77.5 cm³/mol. The van der Waals surface area contributed by atoms with Gasteiger partial charge in [0.05, 0.1) is 23.0 Å². The molecule has 1 aromatic heterocycles. The van der Waals surface area contributed by atoms with E-state index in [0.29, 0.717) is 23.9 Å². The van der Waals surface area contributed by atoms with Crippen molar-refractivity contribution >= 4 is 11.6 Å². The lowest BCUT2D eigenvalue weighted by atomic mass is 10.0. The van der Waals surface area contributed by atoms with Crippen molar-refractivity contribution in [3.8, 4) is 17.0 Å². The molecule has 0 radical (unpaired) electrons. The maximum atomic E-state index is 6.24. The number of rotatable bonds is 4. The fourth-order valence-electron chi connectivity index (χ4n) is 2.08. The molecular formula is C14H18ClN3O. The van der Waals surface area contributed by atoms with E-state index in [1.54, 1.807) is 0 Å². The van der Waals surface area contributed by atoms with Crippen LogP contribution in [-0.2, 0) is 13.6 Å². The number of nitrogens with two attached hydrogens (primary N) is 1. The van der Waals surface area contributed by atoms with Crippen molar-refractivity contribution < 1.29 is 4.74 Å². The molecule has 0 unspecified atom stereocenters. The number of benzene rings is 1. The lowest BCUT2D eigenvalue weighted by molar-refractivity contribution is 0.340. The normalized spacial score (nSPS) is 10.8. The average molecular weight is 280 g/mol. The van der Waals surface area contributed by atoms with Crippen molar-refractivity contribution in [1.82, 2.24) is 9.78 Å². The van der Waals surface area contributed by atoms with Crippen LogP contribution in [-0.4, -0.2) is 16.4 Å². The van der Waals surface area contributed by atoms with Gasteiger partial charge in [0.1, 0.15) is 5.75 Å². The van der Waals surface area contributed by atoms with Gasteiger partial charge in [0.2, 0.25) is 0 Å².